The lowest BCUT2D eigenvalue weighted by atomic mass is 10.2. The van der Waals surface area contributed by atoms with E-state index in [2.05, 4.69) is 6.07 Å². The molecular formula is C14H13N2O+. The zero-order valence-electron chi connectivity index (χ0n) is 9.63. The summed E-state index contributed by atoms with van der Waals surface area (Å²) in [6.45, 7) is 0.729. The van der Waals surface area contributed by atoms with Crippen molar-refractivity contribution in [3.8, 4) is 11.8 Å². The number of benzene rings is 1. The smallest absolute Gasteiger partial charge is 0.186 e. The number of hydrogen-bond acceptors (Lipinski definition) is 2. The van der Waals surface area contributed by atoms with Crippen LogP contribution in [-0.4, -0.2) is 7.11 Å². The number of hydrogen-bond donors (Lipinski definition) is 0. The van der Waals surface area contributed by atoms with Crippen LogP contribution < -0.4 is 9.30 Å². The Morgan fingerprint density at radius 3 is 2.94 bits per heavy atom. The highest BCUT2D eigenvalue weighted by Crippen LogP contribution is 2.12. The van der Waals surface area contributed by atoms with Crippen molar-refractivity contribution in [3.05, 3.63) is 59.9 Å². The van der Waals surface area contributed by atoms with E-state index in [0.29, 0.717) is 5.56 Å². The Morgan fingerprint density at radius 1 is 1.29 bits per heavy atom. The van der Waals surface area contributed by atoms with Gasteiger partial charge < -0.3 is 4.74 Å². The summed E-state index contributed by atoms with van der Waals surface area (Å²) in [5.74, 6) is 0.847. The highest BCUT2D eigenvalue weighted by Gasteiger charge is 2.04. The first-order valence-electron chi connectivity index (χ1n) is 5.34. The average Bonchev–Trinajstić information content (AvgIpc) is 2.39. The van der Waals surface area contributed by atoms with Crippen molar-refractivity contribution < 1.29 is 9.30 Å². The van der Waals surface area contributed by atoms with Crippen LogP contribution in [0.2, 0.25) is 0 Å². The highest BCUT2D eigenvalue weighted by molar-refractivity contribution is 5.28. The van der Waals surface area contributed by atoms with Crippen LogP contribution in [0.4, 0.5) is 0 Å². The Hall–Kier alpha value is -2.34. The predicted octanol–water partition coefficient (Wildman–Crippen LogP) is 1.90. The Balaban J connectivity index is 2.22. The monoisotopic (exact) mass is 225 g/mol. The van der Waals surface area contributed by atoms with Crippen LogP contribution in [0.15, 0.2) is 48.8 Å². The number of pyridine rings is 1. The second kappa shape index (κ2) is 5.13. The van der Waals surface area contributed by atoms with Crippen LogP contribution in [0, 0.1) is 11.3 Å². The molecule has 3 heteroatoms. The normalized spacial score (nSPS) is 9.65. The second-order valence-corrected chi connectivity index (χ2v) is 3.73. The van der Waals surface area contributed by atoms with Gasteiger partial charge in [-0.05, 0) is 18.2 Å². The standard InChI is InChI=1S/C14H13N2O/c1-17-14-6-2-4-12(8-14)10-16-7-3-5-13(9-15)11-16/h2-8,11H,10H2,1H3/q+1. The molecule has 0 bridgehead atoms. The Labute approximate surface area is 101 Å². The zero-order chi connectivity index (χ0) is 12.1. The molecular weight excluding hydrogens is 212 g/mol. The van der Waals surface area contributed by atoms with E-state index < -0.39 is 0 Å². The molecule has 0 saturated carbocycles. The van der Waals surface area contributed by atoms with Crippen LogP contribution in [0.25, 0.3) is 0 Å². The lowest BCUT2D eigenvalue weighted by Gasteiger charge is -2.01. The van der Waals surface area contributed by atoms with Crippen molar-refractivity contribution in [1.29, 1.82) is 5.26 Å². The summed E-state index contributed by atoms with van der Waals surface area (Å²) in [4.78, 5) is 0. The minimum absolute atomic E-state index is 0.662. The minimum atomic E-state index is 0.662. The molecule has 2 rings (SSSR count). The first-order valence-corrected chi connectivity index (χ1v) is 5.34. The molecule has 1 aromatic heterocycles. The molecule has 0 aliphatic heterocycles. The topological polar surface area (TPSA) is 36.9 Å². The van der Waals surface area contributed by atoms with Gasteiger partial charge in [-0.15, -0.1) is 0 Å². The Kier molecular flexibility index (Phi) is 3.37. The largest absolute Gasteiger partial charge is 0.497 e. The Bertz CT molecular complexity index is 558. The van der Waals surface area contributed by atoms with E-state index >= 15 is 0 Å². The zero-order valence-corrected chi connectivity index (χ0v) is 9.63. The lowest BCUT2D eigenvalue weighted by molar-refractivity contribution is -0.688. The molecule has 0 amide bonds. The van der Waals surface area contributed by atoms with Gasteiger partial charge in [-0.1, -0.05) is 12.1 Å². The van der Waals surface area contributed by atoms with Crippen molar-refractivity contribution in [2.45, 2.75) is 6.54 Å². The summed E-state index contributed by atoms with van der Waals surface area (Å²) < 4.78 is 7.16. The number of nitriles is 1. The fraction of sp³-hybridized carbons (Fsp3) is 0.143. The average molecular weight is 225 g/mol. The summed E-state index contributed by atoms with van der Waals surface area (Å²) in [5, 5.41) is 8.83. The molecule has 1 heterocycles. The Morgan fingerprint density at radius 2 is 2.18 bits per heavy atom. The molecule has 84 valence electrons. The molecule has 0 atom stereocenters. The third-order valence-corrected chi connectivity index (χ3v) is 2.49. The number of aromatic nitrogens is 1. The molecule has 2 aromatic rings. The quantitative estimate of drug-likeness (QED) is 0.748. The number of rotatable bonds is 3. The number of methoxy groups -OCH3 is 1. The molecule has 0 aliphatic rings. The van der Waals surface area contributed by atoms with Gasteiger partial charge in [-0.25, -0.2) is 0 Å². The third kappa shape index (κ3) is 2.82. The minimum Gasteiger partial charge on any atom is -0.497 e. The van der Waals surface area contributed by atoms with E-state index in [1.54, 1.807) is 13.2 Å². The van der Waals surface area contributed by atoms with E-state index in [1.165, 1.54) is 0 Å². The van der Waals surface area contributed by atoms with Gasteiger partial charge in [0, 0.05) is 11.6 Å². The van der Waals surface area contributed by atoms with Crippen LogP contribution in [0.5, 0.6) is 5.75 Å². The third-order valence-electron chi connectivity index (χ3n) is 2.49. The molecule has 0 fully saturated rings. The molecule has 17 heavy (non-hydrogen) atoms. The van der Waals surface area contributed by atoms with Crippen molar-refractivity contribution in [1.82, 2.24) is 0 Å². The van der Waals surface area contributed by atoms with Crippen molar-refractivity contribution >= 4 is 0 Å². The SMILES string of the molecule is COc1cccc(C[n+]2cccc(C#N)c2)c1. The highest BCUT2D eigenvalue weighted by atomic mass is 16.5. The molecule has 0 N–H and O–H groups in total. The van der Waals surface area contributed by atoms with Gasteiger partial charge in [-0.2, -0.15) is 9.83 Å². The van der Waals surface area contributed by atoms with Gasteiger partial charge in [0.25, 0.3) is 0 Å². The van der Waals surface area contributed by atoms with Crippen LogP contribution >= 0.6 is 0 Å². The lowest BCUT2D eigenvalue weighted by Crippen LogP contribution is -2.33. The van der Waals surface area contributed by atoms with Gasteiger partial charge in [0.05, 0.1) is 7.11 Å². The van der Waals surface area contributed by atoms with Crippen LogP contribution in [-0.2, 0) is 6.54 Å². The molecule has 0 saturated heterocycles. The van der Waals surface area contributed by atoms with Gasteiger partial charge in [-0.3, -0.25) is 0 Å². The van der Waals surface area contributed by atoms with Crippen LogP contribution in [0.1, 0.15) is 11.1 Å². The van der Waals surface area contributed by atoms with Gasteiger partial charge >= 0.3 is 0 Å². The molecule has 0 unspecified atom stereocenters. The molecule has 0 spiro atoms. The van der Waals surface area contributed by atoms with E-state index in [1.807, 2.05) is 47.3 Å². The molecule has 1 aromatic carbocycles. The fourth-order valence-corrected chi connectivity index (χ4v) is 1.67. The summed E-state index contributed by atoms with van der Waals surface area (Å²) in [6, 6.07) is 13.7. The predicted molar refractivity (Wildman–Crippen MR) is 63.4 cm³/mol. The van der Waals surface area contributed by atoms with Crippen molar-refractivity contribution in [2.24, 2.45) is 0 Å². The van der Waals surface area contributed by atoms with Gasteiger partial charge in [0.15, 0.2) is 18.9 Å². The first kappa shape index (κ1) is 11.2. The fourth-order valence-electron chi connectivity index (χ4n) is 1.67. The maximum atomic E-state index is 8.83. The van der Waals surface area contributed by atoms with Gasteiger partial charge in [0.1, 0.15) is 17.4 Å². The number of ether oxygens (including phenoxy) is 1. The maximum Gasteiger partial charge on any atom is 0.186 e. The summed E-state index contributed by atoms with van der Waals surface area (Å²) in [6.07, 6.45) is 3.78. The van der Waals surface area contributed by atoms with E-state index in [9.17, 15) is 0 Å². The summed E-state index contributed by atoms with van der Waals surface area (Å²) >= 11 is 0. The van der Waals surface area contributed by atoms with E-state index in [0.717, 1.165) is 17.9 Å². The summed E-state index contributed by atoms with van der Waals surface area (Å²) in [5.41, 5.74) is 1.81. The number of nitrogens with zero attached hydrogens (tertiary/aromatic N) is 2. The summed E-state index contributed by atoms with van der Waals surface area (Å²) in [7, 11) is 1.66. The van der Waals surface area contributed by atoms with Crippen molar-refractivity contribution in [2.75, 3.05) is 7.11 Å². The molecule has 0 aliphatic carbocycles. The molecule has 0 radical (unpaired) electrons. The van der Waals surface area contributed by atoms with Gasteiger partial charge in [0.2, 0.25) is 0 Å². The van der Waals surface area contributed by atoms with E-state index in [-0.39, 0.29) is 0 Å². The van der Waals surface area contributed by atoms with Crippen molar-refractivity contribution in [3.63, 3.8) is 0 Å². The van der Waals surface area contributed by atoms with E-state index in [4.69, 9.17) is 10.00 Å². The first-order chi connectivity index (χ1) is 8.31. The molecule has 3 nitrogen and oxygen atoms in total. The maximum absolute atomic E-state index is 8.83. The second-order valence-electron chi connectivity index (χ2n) is 3.73. The van der Waals surface area contributed by atoms with Crippen LogP contribution in [0.3, 0.4) is 0 Å².